The Balaban J connectivity index is 1.36. The number of amides is 1. The molecule has 0 spiro atoms. The van der Waals surface area contributed by atoms with E-state index in [1.807, 2.05) is 6.26 Å². The number of oxime groups is 1. The number of fused-ring (bicyclic) bond motifs is 5. The van der Waals surface area contributed by atoms with Gasteiger partial charge in [-0.05, 0) is 104 Å². The molecule has 0 radical (unpaired) electrons. The Morgan fingerprint density at radius 2 is 2.00 bits per heavy atom. The third-order valence-electron chi connectivity index (χ3n) is 9.55. The first-order valence-corrected chi connectivity index (χ1v) is 14.2. The number of thioether (sulfide) groups is 1. The fourth-order valence-corrected chi connectivity index (χ4v) is 7.99. The number of hydrogen-bond donors (Lipinski definition) is 3. The molecule has 4 aliphatic rings. The minimum atomic E-state index is -1.03. The molecule has 0 saturated heterocycles. The quantitative estimate of drug-likeness (QED) is 0.442. The van der Waals surface area contributed by atoms with Crippen molar-refractivity contribution in [3.63, 3.8) is 0 Å². The summed E-state index contributed by atoms with van der Waals surface area (Å²) in [5.41, 5.74) is 2.61. The van der Waals surface area contributed by atoms with Gasteiger partial charge in [-0.1, -0.05) is 24.6 Å². The molecule has 8 heteroatoms. The van der Waals surface area contributed by atoms with Crippen LogP contribution in [0.4, 0.5) is 0 Å². The molecule has 0 aromatic rings. The first kappa shape index (κ1) is 25.5. The van der Waals surface area contributed by atoms with Crippen LogP contribution in [0.2, 0.25) is 0 Å². The maximum absolute atomic E-state index is 12.1. The van der Waals surface area contributed by atoms with Gasteiger partial charge in [0.2, 0.25) is 0 Å². The highest BCUT2D eigenvalue weighted by Gasteiger charge is 2.58. The second-order valence-electron chi connectivity index (χ2n) is 11.2. The van der Waals surface area contributed by atoms with Crippen molar-refractivity contribution in [3.05, 3.63) is 11.6 Å². The van der Waals surface area contributed by atoms with Crippen LogP contribution in [0.1, 0.15) is 71.6 Å². The molecule has 0 heterocycles. The monoisotopic (exact) mass is 492 g/mol. The van der Waals surface area contributed by atoms with Crippen molar-refractivity contribution in [2.45, 2.75) is 83.8 Å². The van der Waals surface area contributed by atoms with E-state index in [2.05, 4.69) is 30.4 Å². The number of carboxylic acids is 1. The highest BCUT2D eigenvalue weighted by molar-refractivity contribution is 7.98. The molecule has 0 bridgehead atoms. The summed E-state index contributed by atoms with van der Waals surface area (Å²) in [6.07, 6.45) is 12.9. The first-order valence-electron chi connectivity index (χ1n) is 12.8. The number of carbonyl (C=O) groups excluding carboxylic acids is 1. The lowest BCUT2D eigenvalue weighted by Crippen LogP contribution is -2.51. The molecule has 7 nitrogen and oxygen atoms in total. The molecule has 4 rings (SSSR count). The Morgan fingerprint density at radius 1 is 1.21 bits per heavy atom. The van der Waals surface area contributed by atoms with Crippen molar-refractivity contribution in [1.29, 1.82) is 0 Å². The minimum absolute atomic E-state index is 0.101. The van der Waals surface area contributed by atoms with Crippen molar-refractivity contribution in [2.75, 3.05) is 18.6 Å². The largest absolute Gasteiger partial charge is 0.480 e. The van der Waals surface area contributed by atoms with E-state index in [1.165, 1.54) is 18.4 Å². The van der Waals surface area contributed by atoms with Crippen molar-refractivity contribution in [3.8, 4) is 0 Å². The lowest BCUT2D eigenvalue weighted by atomic mass is 9.47. The Hall–Kier alpha value is -1.54. The Kier molecular flexibility index (Phi) is 7.67. The van der Waals surface area contributed by atoms with E-state index in [0.29, 0.717) is 29.9 Å². The molecule has 0 aliphatic heterocycles. The smallest absolute Gasteiger partial charge is 0.326 e. The van der Waals surface area contributed by atoms with Crippen molar-refractivity contribution in [1.82, 2.24) is 5.32 Å². The van der Waals surface area contributed by atoms with Crippen molar-refractivity contribution >= 4 is 29.4 Å². The predicted molar refractivity (Wildman–Crippen MR) is 134 cm³/mol. The van der Waals surface area contributed by atoms with Gasteiger partial charge in [-0.2, -0.15) is 11.8 Å². The van der Waals surface area contributed by atoms with Crippen molar-refractivity contribution < 1.29 is 24.6 Å². The predicted octanol–water partition coefficient (Wildman–Crippen LogP) is 4.01. The second kappa shape index (κ2) is 10.2. The van der Waals surface area contributed by atoms with E-state index >= 15 is 0 Å². The number of allylic oxidation sites excluding steroid dienone is 2. The van der Waals surface area contributed by atoms with Gasteiger partial charge in [0, 0.05) is 0 Å². The van der Waals surface area contributed by atoms with Gasteiger partial charge in [0.15, 0.2) is 6.61 Å². The summed E-state index contributed by atoms with van der Waals surface area (Å²) in [5, 5.41) is 26.6. The highest BCUT2D eigenvalue weighted by Crippen LogP contribution is 2.65. The molecule has 34 heavy (non-hydrogen) atoms. The Labute approximate surface area is 207 Å². The number of carboxylic acid groups (broad SMARTS) is 1. The van der Waals surface area contributed by atoms with Gasteiger partial charge < -0.3 is 20.4 Å². The van der Waals surface area contributed by atoms with Gasteiger partial charge in [0.1, 0.15) is 6.04 Å². The number of rotatable bonds is 8. The van der Waals surface area contributed by atoms with Crippen LogP contribution in [0.3, 0.4) is 0 Å². The minimum Gasteiger partial charge on any atom is -0.480 e. The highest BCUT2D eigenvalue weighted by atomic mass is 32.2. The molecule has 7 atom stereocenters. The summed E-state index contributed by atoms with van der Waals surface area (Å²) in [7, 11) is 0. The fourth-order valence-electron chi connectivity index (χ4n) is 7.52. The molecule has 3 fully saturated rings. The van der Waals surface area contributed by atoms with Gasteiger partial charge in [-0.3, -0.25) is 4.79 Å². The number of aliphatic hydroxyl groups excluding tert-OH is 1. The molecule has 3 saturated carbocycles. The normalized spacial score (nSPS) is 38.8. The number of aliphatic carboxylic acids is 1. The topological polar surface area (TPSA) is 108 Å². The number of aliphatic hydroxyl groups is 1. The van der Waals surface area contributed by atoms with E-state index in [4.69, 9.17) is 4.84 Å². The SMILES string of the molecule is CSCC[C@H](NC(=O)CO/N=C1/C=C2CC[C@H]3[C@@H](CC[C@]4(C)[C@@H](O)CC[C@@H]34)[C@@]2(C)CC1)C(=O)O. The number of carbonyl (C=O) groups is 2. The second-order valence-corrected chi connectivity index (χ2v) is 12.2. The summed E-state index contributed by atoms with van der Waals surface area (Å²) >= 11 is 1.55. The molecular formula is C26H40N2O5S. The molecule has 0 aromatic carbocycles. The summed E-state index contributed by atoms with van der Waals surface area (Å²) in [6, 6.07) is -0.901. The van der Waals surface area contributed by atoms with Gasteiger partial charge in [0.05, 0.1) is 11.8 Å². The third kappa shape index (κ3) is 4.77. The van der Waals surface area contributed by atoms with E-state index in [-0.39, 0.29) is 23.5 Å². The average Bonchev–Trinajstić information content (AvgIpc) is 3.11. The van der Waals surface area contributed by atoms with Crippen LogP contribution in [0.15, 0.2) is 16.8 Å². The Bertz CT molecular complexity index is 860. The van der Waals surface area contributed by atoms with Crippen LogP contribution in [0.25, 0.3) is 0 Å². The van der Waals surface area contributed by atoms with Crippen LogP contribution >= 0.6 is 11.8 Å². The van der Waals surface area contributed by atoms with E-state index in [0.717, 1.165) is 44.2 Å². The van der Waals surface area contributed by atoms with Crippen LogP contribution in [0.5, 0.6) is 0 Å². The number of nitrogens with zero attached hydrogens (tertiary/aromatic N) is 1. The zero-order valence-electron chi connectivity index (χ0n) is 20.7. The van der Waals surface area contributed by atoms with E-state index < -0.39 is 17.9 Å². The maximum atomic E-state index is 12.1. The molecule has 0 aromatic heterocycles. The fraction of sp³-hybridized carbons (Fsp3) is 0.808. The zero-order valence-corrected chi connectivity index (χ0v) is 21.5. The number of nitrogens with one attached hydrogen (secondary N) is 1. The van der Waals surface area contributed by atoms with Gasteiger partial charge in [-0.15, -0.1) is 0 Å². The average molecular weight is 493 g/mol. The molecule has 4 aliphatic carbocycles. The Morgan fingerprint density at radius 3 is 2.74 bits per heavy atom. The van der Waals surface area contributed by atoms with Crippen LogP contribution in [-0.4, -0.2) is 58.6 Å². The standard InChI is InChI=1S/C26H40N2O5S/c1-25-11-8-17(28-33-15-23(30)27-21(24(31)32)10-13-34-3)14-16(25)4-5-18-19-6-7-22(29)26(19,2)12-9-20(18)25/h14,18-22,29H,4-13,15H2,1-3H3,(H,27,30)(H,31,32)/b28-17+/t18-,19+,20-,21+,22+,25+,26+/m1/s1. The van der Waals surface area contributed by atoms with Gasteiger partial charge in [0.25, 0.3) is 5.91 Å². The van der Waals surface area contributed by atoms with Gasteiger partial charge >= 0.3 is 5.97 Å². The van der Waals surface area contributed by atoms with Crippen LogP contribution in [-0.2, 0) is 14.4 Å². The summed E-state index contributed by atoms with van der Waals surface area (Å²) in [6.45, 7) is 4.47. The molecule has 1 amide bonds. The van der Waals surface area contributed by atoms with E-state index in [9.17, 15) is 19.8 Å². The maximum Gasteiger partial charge on any atom is 0.326 e. The van der Waals surface area contributed by atoms with Crippen LogP contribution in [0, 0.1) is 28.6 Å². The summed E-state index contributed by atoms with van der Waals surface area (Å²) in [4.78, 5) is 28.8. The molecule has 190 valence electrons. The zero-order chi connectivity index (χ0) is 24.5. The lowest BCUT2D eigenvalue weighted by molar-refractivity contribution is -0.142. The number of hydrogen-bond acceptors (Lipinski definition) is 6. The molecule has 3 N–H and O–H groups in total. The molecule has 0 unspecified atom stereocenters. The summed E-state index contributed by atoms with van der Waals surface area (Å²) < 4.78 is 0. The summed E-state index contributed by atoms with van der Waals surface area (Å²) in [5.74, 6) is 1.17. The van der Waals surface area contributed by atoms with Crippen molar-refractivity contribution in [2.24, 2.45) is 33.7 Å². The van der Waals surface area contributed by atoms with Gasteiger partial charge in [-0.25, -0.2) is 4.79 Å². The first-order chi connectivity index (χ1) is 16.2. The third-order valence-corrected chi connectivity index (χ3v) is 10.2. The lowest BCUT2D eigenvalue weighted by Gasteiger charge is -2.57. The molecular weight excluding hydrogens is 452 g/mol. The van der Waals surface area contributed by atoms with Crippen LogP contribution < -0.4 is 5.32 Å². The van der Waals surface area contributed by atoms with E-state index in [1.54, 1.807) is 11.8 Å².